The standard InChI is InChI=1S/C11H15NS/c1-4-5-6-12-8-11-7-9(2)10(3)13-11/h7,12H,6,8H2,1-3H3. The fourth-order valence-corrected chi connectivity index (χ4v) is 2.10. The normalized spacial score (nSPS) is 9.46. The molecule has 0 bridgehead atoms. The molecule has 1 nitrogen and oxygen atoms in total. The van der Waals surface area contributed by atoms with Crippen LogP contribution >= 0.6 is 11.3 Å². The van der Waals surface area contributed by atoms with E-state index in [1.165, 1.54) is 15.3 Å². The lowest BCUT2D eigenvalue weighted by Crippen LogP contribution is -2.11. The molecule has 0 aromatic carbocycles. The van der Waals surface area contributed by atoms with Gasteiger partial charge in [-0.2, -0.15) is 0 Å². The molecule has 0 fully saturated rings. The van der Waals surface area contributed by atoms with E-state index in [9.17, 15) is 0 Å². The number of hydrogen-bond acceptors (Lipinski definition) is 2. The lowest BCUT2D eigenvalue weighted by atomic mass is 10.3. The second-order valence-electron chi connectivity index (χ2n) is 2.98. The van der Waals surface area contributed by atoms with Crippen LogP contribution < -0.4 is 5.32 Å². The van der Waals surface area contributed by atoms with Gasteiger partial charge in [0.05, 0.1) is 6.54 Å². The molecular formula is C11H15NS. The highest BCUT2D eigenvalue weighted by Crippen LogP contribution is 2.19. The van der Waals surface area contributed by atoms with Crippen LogP contribution in [0, 0.1) is 25.7 Å². The van der Waals surface area contributed by atoms with Gasteiger partial charge in [-0.25, -0.2) is 0 Å². The van der Waals surface area contributed by atoms with Gasteiger partial charge in [-0.3, -0.25) is 0 Å². The fraction of sp³-hybridized carbons (Fsp3) is 0.455. The lowest BCUT2D eigenvalue weighted by Gasteiger charge is -1.95. The van der Waals surface area contributed by atoms with Gasteiger partial charge in [0, 0.05) is 16.3 Å². The summed E-state index contributed by atoms with van der Waals surface area (Å²) in [6, 6.07) is 2.24. The molecule has 70 valence electrons. The third-order valence-corrected chi connectivity index (χ3v) is 3.06. The third kappa shape index (κ3) is 3.22. The molecule has 0 saturated heterocycles. The van der Waals surface area contributed by atoms with Gasteiger partial charge < -0.3 is 5.32 Å². The molecule has 1 N–H and O–H groups in total. The molecule has 0 radical (unpaired) electrons. The molecule has 0 aliphatic carbocycles. The Kier molecular flexibility index (Phi) is 4.01. The van der Waals surface area contributed by atoms with Crippen LogP contribution in [0.1, 0.15) is 22.2 Å². The quantitative estimate of drug-likeness (QED) is 0.574. The lowest BCUT2D eigenvalue weighted by molar-refractivity contribution is 0.780. The average molecular weight is 193 g/mol. The minimum absolute atomic E-state index is 0.784. The van der Waals surface area contributed by atoms with Gasteiger partial charge in [0.25, 0.3) is 0 Å². The van der Waals surface area contributed by atoms with Crippen LogP contribution in [-0.4, -0.2) is 6.54 Å². The van der Waals surface area contributed by atoms with Gasteiger partial charge in [0.1, 0.15) is 0 Å². The molecule has 1 heterocycles. The molecule has 1 aromatic rings. The van der Waals surface area contributed by atoms with Crippen molar-refractivity contribution >= 4 is 11.3 Å². The molecule has 0 saturated carbocycles. The highest BCUT2D eigenvalue weighted by atomic mass is 32.1. The second-order valence-corrected chi connectivity index (χ2v) is 4.32. The van der Waals surface area contributed by atoms with E-state index in [1.54, 1.807) is 0 Å². The average Bonchev–Trinajstić information content (AvgIpc) is 2.41. The van der Waals surface area contributed by atoms with Crippen LogP contribution in [0.2, 0.25) is 0 Å². The maximum absolute atomic E-state index is 3.28. The first-order chi connectivity index (χ1) is 6.24. The molecule has 13 heavy (non-hydrogen) atoms. The third-order valence-electron chi connectivity index (χ3n) is 1.91. The first-order valence-electron chi connectivity index (χ1n) is 4.40. The largest absolute Gasteiger partial charge is 0.301 e. The van der Waals surface area contributed by atoms with E-state index in [1.807, 2.05) is 18.3 Å². The first kappa shape index (κ1) is 10.3. The summed E-state index contributed by atoms with van der Waals surface area (Å²) >= 11 is 1.86. The van der Waals surface area contributed by atoms with Crippen molar-refractivity contribution < 1.29 is 0 Å². The summed E-state index contributed by atoms with van der Waals surface area (Å²) in [5.41, 5.74) is 1.39. The van der Waals surface area contributed by atoms with E-state index in [0.717, 1.165) is 13.1 Å². The van der Waals surface area contributed by atoms with Crippen molar-refractivity contribution in [3.05, 3.63) is 21.4 Å². The minimum Gasteiger partial charge on any atom is -0.301 e. The summed E-state index contributed by atoms with van der Waals surface area (Å²) in [5, 5.41) is 3.28. The number of nitrogens with one attached hydrogen (secondary N) is 1. The molecule has 0 amide bonds. The summed E-state index contributed by atoms with van der Waals surface area (Å²) in [5.74, 6) is 5.84. The zero-order valence-corrected chi connectivity index (χ0v) is 9.22. The topological polar surface area (TPSA) is 12.0 Å². The summed E-state index contributed by atoms with van der Waals surface area (Å²) in [6.45, 7) is 7.90. The number of hydrogen-bond donors (Lipinski definition) is 1. The van der Waals surface area contributed by atoms with Crippen molar-refractivity contribution in [1.29, 1.82) is 0 Å². The van der Waals surface area contributed by atoms with Gasteiger partial charge in [0.2, 0.25) is 0 Å². The molecule has 0 atom stereocenters. The summed E-state index contributed by atoms with van der Waals surface area (Å²) in [6.07, 6.45) is 0. The molecule has 2 heteroatoms. The Morgan fingerprint density at radius 2 is 2.23 bits per heavy atom. The van der Waals surface area contributed by atoms with Crippen molar-refractivity contribution in [2.75, 3.05) is 6.54 Å². The first-order valence-corrected chi connectivity index (χ1v) is 5.22. The predicted molar refractivity (Wildman–Crippen MR) is 58.9 cm³/mol. The maximum atomic E-state index is 3.28. The van der Waals surface area contributed by atoms with E-state index in [2.05, 4.69) is 37.1 Å². The highest BCUT2D eigenvalue weighted by molar-refractivity contribution is 7.12. The Bertz CT molecular complexity index is 308. The van der Waals surface area contributed by atoms with Crippen LogP contribution in [0.15, 0.2) is 6.07 Å². The molecule has 1 aromatic heterocycles. The van der Waals surface area contributed by atoms with Crippen molar-refractivity contribution in [1.82, 2.24) is 5.32 Å². The van der Waals surface area contributed by atoms with Crippen molar-refractivity contribution in [2.45, 2.75) is 27.3 Å². The van der Waals surface area contributed by atoms with E-state index >= 15 is 0 Å². The second kappa shape index (κ2) is 5.06. The van der Waals surface area contributed by atoms with Crippen molar-refractivity contribution in [3.8, 4) is 11.8 Å². The van der Waals surface area contributed by atoms with Gasteiger partial charge in [-0.15, -0.1) is 17.3 Å². The molecular weight excluding hydrogens is 178 g/mol. The van der Waals surface area contributed by atoms with Gasteiger partial charge in [0.15, 0.2) is 0 Å². The Morgan fingerprint density at radius 3 is 2.77 bits per heavy atom. The Morgan fingerprint density at radius 1 is 1.46 bits per heavy atom. The number of rotatable bonds is 3. The molecule has 0 aliphatic rings. The SMILES string of the molecule is CC#CCNCc1cc(C)c(C)s1. The van der Waals surface area contributed by atoms with E-state index in [-0.39, 0.29) is 0 Å². The van der Waals surface area contributed by atoms with Crippen LogP contribution in [0.4, 0.5) is 0 Å². The maximum Gasteiger partial charge on any atom is 0.0579 e. The highest BCUT2D eigenvalue weighted by Gasteiger charge is 1.99. The zero-order chi connectivity index (χ0) is 9.68. The Hall–Kier alpha value is -0.780. The Labute approximate surface area is 84.2 Å². The zero-order valence-electron chi connectivity index (χ0n) is 8.40. The van der Waals surface area contributed by atoms with Crippen molar-refractivity contribution in [2.24, 2.45) is 0 Å². The molecule has 0 spiro atoms. The van der Waals surface area contributed by atoms with Gasteiger partial charge >= 0.3 is 0 Å². The summed E-state index contributed by atoms with van der Waals surface area (Å²) in [7, 11) is 0. The van der Waals surface area contributed by atoms with E-state index in [0.29, 0.717) is 0 Å². The van der Waals surface area contributed by atoms with Crippen LogP contribution in [-0.2, 0) is 6.54 Å². The number of thiophene rings is 1. The summed E-state index contributed by atoms with van der Waals surface area (Å²) < 4.78 is 0. The van der Waals surface area contributed by atoms with Gasteiger partial charge in [-0.1, -0.05) is 5.92 Å². The van der Waals surface area contributed by atoms with Crippen LogP contribution in [0.5, 0.6) is 0 Å². The van der Waals surface area contributed by atoms with Crippen LogP contribution in [0.25, 0.3) is 0 Å². The van der Waals surface area contributed by atoms with Crippen molar-refractivity contribution in [3.63, 3.8) is 0 Å². The molecule has 1 rings (SSSR count). The predicted octanol–water partition coefficient (Wildman–Crippen LogP) is 2.48. The van der Waals surface area contributed by atoms with E-state index in [4.69, 9.17) is 0 Å². The van der Waals surface area contributed by atoms with Gasteiger partial charge in [-0.05, 0) is 32.4 Å². The van der Waals surface area contributed by atoms with Crippen LogP contribution in [0.3, 0.4) is 0 Å². The minimum atomic E-state index is 0.784. The monoisotopic (exact) mass is 193 g/mol. The van der Waals surface area contributed by atoms with E-state index < -0.39 is 0 Å². The smallest absolute Gasteiger partial charge is 0.0579 e. The number of aryl methyl sites for hydroxylation is 2. The molecule has 0 unspecified atom stereocenters. The fourth-order valence-electron chi connectivity index (χ4n) is 1.07. The Balaban J connectivity index is 2.40. The molecule has 0 aliphatic heterocycles. The summed E-state index contributed by atoms with van der Waals surface area (Å²) in [4.78, 5) is 2.81.